The largest absolute Gasteiger partial charge is 0.383 e. The van der Waals surface area contributed by atoms with Crippen LogP contribution in [0.3, 0.4) is 0 Å². The van der Waals surface area contributed by atoms with E-state index in [1.807, 2.05) is 6.07 Å². The van der Waals surface area contributed by atoms with Gasteiger partial charge in [-0.1, -0.05) is 5.16 Å². The first-order chi connectivity index (χ1) is 8.20. The summed E-state index contributed by atoms with van der Waals surface area (Å²) in [5.41, 5.74) is 6.54. The highest BCUT2D eigenvalue weighted by Gasteiger charge is 2.15. The van der Waals surface area contributed by atoms with Gasteiger partial charge < -0.3 is 15.0 Å². The standard InChI is InChI=1S/C10H11BrN4O2/c1-16-5-8(12)10-14-9(15-17-10)6-2-7(11)4-13-3-6/h2-4,8H,5,12H2,1H3. The van der Waals surface area contributed by atoms with Crippen LogP contribution in [0.2, 0.25) is 0 Å². The van der Waals surface area contributed by atoms with Crippen LogP contribution in [0.5, 0.6) is 0 Å². The molecule has 1 atom stereocenters. The number of nitrogens with zero attached hydrogens (tertiary/aromatic N) is 3. The molecule has 0 aromatic carbocycles. The van der Waals surface area contributed by atoms with E-state index in [1.165, 1.54) is 0 Å². The van der Waals surface area contributed by atoms with Gasteiger partial charge in [0.05, 0.1) is 6.61 Å². The molecule has 2 rings (SSSR count). The second kappa shape index (κ2) is 5.35. The van der Waals surface area contributed by atoms with Crippen molar-refractivity contribution in [2.75, 3.05) is 13.7 Å². The highest BCUT2D eigenvalue weighted by atomic mass is 79.9. The summed E-state index contributed by atoms with van der Waals surface area (Å²) in [4.78, 5) is 8.22. The van der Waals surface area contributed by atoms with Crippen molar-refractivity contribution in [1.29, 1.82) is 0 Å². The molecule has 0 saturated carbocycles. The van der Waals surface area contributed by atoms with Crippen LogP contribution < -0.4 is 5.73 Å². The van der Waals surface area contributed by atoms with Crippen LogP contribution in [0.25, 0.3) is 11.4 Å². The highest BCUT2D eigenvalue weighted by molar-refractivity contribution is 9.10. The third-order valence-electron chi connectivity index (χ3n) is 2.07. The van der Waals surface area contributed by atoms with Crippen LogP contribution >= 0.6 is 15.9 Å². The lowest BCUT2D eigenvalue weighted by Crippen LogP contribution is -2.16. The first kappa shape index (κ1) is 12.2. The topological polar surface area (TPSA) is 87.1 Å². The van der Waals surface area contributed by atoms with E-state index in [0.29, 0.717) is 18.3 Å². The van der Waals surface area contributed by atoms with Gasteiger partial charge in [0.15, 0.2) is 0 Å². The monoisotopic (exact) mass is 298 g/mol. The number of ether oxygens (including phenoxy) is 1. The molecule has 2 aromatic rings. The molecule has 0 amide bonds. The fraction of sp³-hybridized carbons (Fsp3) is 0.300. The molecule has 2 N–H and O–H groups in total. The zero-order valence-electron chi connectivity index (χ0n) is 9.13. The predicted molar refractivity (Wildman–Crippen MR) is 64.0 cm³/mol. The Hall–Kier alpha value is -1.31. The van der Waals surface area contributed by atoms with Gasteiger partial charge in [-0.05, 0) is 22.0 Å². The summed E-state index contributed by atoms with van der Waals surface area (Å²) in [6, 6.07) is 1.44. The summed E-state index contributed by atoms with van der Waals surface area (Å²) in [7, 11) is 1.56. The summed E-state index contributed by atoms with van der Waals surface area (Å²) in [5.74, 6) is 0.808. The molecule has 0 aliphatic rings. The molecule has 90 valence electrons. The third kappa shape index (κ3) is 2.87. The van der Waals surface area contributed by atoms with Crippen LogP contribution in [0.4, 0.5) is 0 Å². The van der Waals surface area contributed by atoms with Gasteiger partial charge in [-0.3, -0.25) is 4.98 Å². The maximum atomic E-state index is 5.78. The van der Waals surface area contributed by atoms with E-state index < -0.39 is 6.04 Å². The maximum Gasteiger partial charge on any atom is 0.246 e. The Labute approximate surface area is 106 Å². The van der Waals surface area contributed by atoms with Crippen LogP contribution in [0.15, 0.2) is 27.5 Å². The van der Waals surface area contributed by atoms with Crippen molar-refractivity contribution >= 4 is 15.9 Å². The second-order valence-corrected chi connectivity index (χ2v) is 4.33. The molecule has 0 saturated heterocycles. The van der Waals surface area contributed by atoms with E-state index in [1.54, 1.807) is 19.5 Å². The average Bonchev–Trinajstić information content (AvgIpc) is 2.78. The number of rotatable bonds is 4. The smallest absolute Gasteiger partial charge is 0.246 e. The summed E-state index contributed by atoms with van der Waals surface area (Å²) >= 11 is 3.33. The number of hydrogen-bond acceptors (Lipinski definition) is 6. The number of hydrogen-bond donors (Lipinski definition) is 1. The van der Waals surface area contributed by atoms with Crippen LogP contribution in [-0.4, -0.2) is 28.8 Å². The van der Waals surface area contributed by atoms with Gasteiger partial charge >= 0.3 is 0 Å². The molecule has 0 aliphatic heterocycles. The normalized spacial score (nSPS) is 12.6. The second-order valence-electron chi connectivity index (χ2n) is 3.41. The molecule has 6 nitrogen and oxygen atoms in total. The quantitative estimate of drug-likeness (QED) is 0.921. The number of methoxy groups -OCH3 is 1. The molecule has 0 radical (unpaired) electrons. The summed E-state index contributed by atoms with van der Waals surface area (Å²) < 4.78 is 10.8. The fourth-order valence-corrected chi connectivity index (χ4v) is 1.65. The van der Waals surface area contributed by atoms with Crippen molar-refractivity contribution in [3.8, 4) is 11.4 Å². The Morgan fingerprint density at radius 1 is 1.53 bits per heavy atom. The van der Waals surface area contributed by atoms with E-state index in [2.05, 4.69) is 31.1 Å². The first-order valence-electron chi connectivity index (χ1n) is 4.89. The molecule has 0 aliphatic carbocycles. The van der Waals surface area contributed by atoms with Gasteiger partial charge in [-0.25, -0.2) is 0 Å². The minimum absolute atomic E-state index is 0.332. The molecule has 0 fully saturated rings. The molecular formula is C10H11BrN4O2. The van der Waals surface area contributed by atoms with E-state index in [0.717, 1.165) is 10.0 Å². The Morgan fingerprint density at radius 3 is 3.06 bits per heavy atom. The van der Waals surface area contributed by atoms with Crippen LogP contribution in [0.1, 0.15) is 11.9 Å². The van der Waals surface area contributed by atoms with Crippen LogP contribution in [-0.2, 0) is 4.74 Å². The minimum Gasteiger partial charge on any atom is -0.383 e. The number of halogens is 1. The van der Waals surface area contributed by atoms with E-state index in [9.17, 15) is 0 Å². The van der Waals surface area contributed by atoms with E-state index in [4.69, 9.17) is 15.0 Å². The Morgan fingerprint density at radius 2 is 2.35 bits per heavy atom. The van der Waals surface area contributed by atoms with Gasteiger partial charge in [0, 0.05) is 29.5 Å². The zero-order valence-corrected chi connectivity index (χ0v) is 10.7. The van der Waals surface area contributed by atoms with E-state index in [-0.39, 0.29) is 0 Å². The zero-order chi connectivity index (χ0) is 12.3. The summed E-state index contributed by atoms with van der Waals surface area (Å²) in [6.07, 6.45) is 3.34. The lowest BCUT2D eigenvalue weighted by atomic mass is 10.3. The summed E-state index contributed by atoms with van der Waals surface area (Å²) in [5, 5.41) is 3.85. The van der Waals surface area contributed by atoms with Gasteiger partial charge in [0.25, 0.3) is 0 Å². The van der Waals surface area contributed by atoms with Crippen LogP contribution in [0, 0.1) is 0 Å². The van der Waals surface area contributed by atoms with Gasteiger partial charge in [0.1, 0.15) is 6.04 Å². The molecule has 7 heteroatoms. The molecule has 0 spiro atoms. The lowest BCUT2D eigenvalue weighted by Gasteiger charge is -2.02. The summed E-state index contributed by atoms with van der Waals surface area (Å²) in [6.45, 7) is 0.332. The van der Waals surface area contributed by atoms with Crippen molar-refractivity contribution < 1.29 is 9.26 Å². The number of pyridine rings is 1. The Balaban J connectivity index is 2.23. The predicted octanol–water partition coefficient (Wildman–Crippen LogP) is 1.54. The number of aromatic nitrogens is 3. The van der Waals surface area contributed by atoms with Gasteiger partial charge in [-0.15, -0.1) is 0 Å². The first-order valence-corrected chi connectivity index (χ1v) is 5.69. The fourth-order valence-electron chi connectivity index (χ4n) is 1.29. The SMILES string of the molecule is COCC(N)c1nc(-c2cncc(Br)c2)no1. The Bertz CT molecular complexity index is 503. The average molecular weight is 299 g/mol. The van der Waals surface area contributed by atoms with Crippen molar-refractivity contribution in [3.63, 3.8) is 0 Å². The molecule has 2 heterocycles. The van der Waals surface area contributed by atoms with E-state index >= 15 is 0 Å². The Kier molecular flexibility index (Phi) is 3.82. The molecule has 17 heavy (non-hydrogen) atoms. The molecule has 1 unspecified atom stereocenters. The van der Waals surface area contributed by atoms with Crippen molar-refractivity contribution in [1.82, 2.24) is 15.1 Å². The van der Waals surface area contributed by atoms with Crippen molar-refractivity contribution in [2.24, 2.45) is 5.73 Å². The van der Waals surface area contributed by atoms with Crippen molar-refractivity contribution in [3.05, 3.63) is 28.8 Å². The maximum absolute atomic E-state index is 5.78. The van der Waals surface area contributed by atoms with Gasteiger partial charge in [0.2, 0.25) is 11.7 Å². The van der Waals surface area contributed by atoms with Gasteiger partial charge in [-0.2, -0.15) is 4.98 Å². The highest BCUT2D eigenvalue weighted by Crippen LogP contribution is 2.20. The van der Waals surface area contributed by atoms with Crippen molar-refractivity contribution in [2.45, 2.75) is 6.04 Å². The minimum atomic E-state index is -0.415. The third-order valence-corrected chi connectivity index (χ3v) is 2.50. The molecule has 0 bridgehead atoms. The lowest BCUT2D eigenvalue weighted by molar-refractivity contribution is 0.166. The molecule has 2 aromatic heterocycles. The number of nitrogens with two attached hydrogens (primary N) is 1. The molecular weight excluding hydrogens is 288 g/mol.